The number of carbonyl (C=O) groups excluding carboxylic acids is 1. The Balaban J connectivity index is 0.00000180. The number of rotatable bonds is 6. The second-order valence-electron chi connectivity index (χ2n) is 8.90. The molecule has 181 valence electrons. The van der Waals surface area contributed by atoms with E-state index in [1.54, 1.807) is 0 Å². The van der Waals surface area contributed by atoms with E-state index in [4.69, 9.17) is 0 Å². The first-order valence-corrected chi connectivity index (χ1v) is 17.9. The first kappa shape index (κ1) is 28.2. The van der Waals surface area contributed by atoms with Crippen molar-refractivity contribution in [2.75, 3.05) is 0 Å². The van der Waals surface area contributed by atoms with Crippen molar-refractivity contribution in [2.45, 2.75) is 18.1 Å². The summed E-state index contributed by atoms with van der Waals surface area (Å²) in [7, 11) is 0. The SMILES string of the molecule is Cc1cccc(C)c1C(=O)[NH][Ti+2]([CH]1C=Cc2ccccc21)[SiH](c1ccccc1)c1ccccc1.[Cl-].[Cl-]. The molecule has 4 aromatic carbocycles. The molecule has 1 unspecified atom stereocenters. The van der Waals surface area contributed by atoms with E-state index in [2.05, 4.69) is 101 Å². The number of allylic oxidation sites excluding steroid dienone is 1. The number of halogens is 2. The molecule has 0 spiro atoms. The number of benzene rings is 4. The number of carbonyl (C=O) groups is 1. The predicted molar refractivity (Wildman–Crippen MR) is 141 cm³/mol. The summed E-state index contributed by atoms with van der Waals surface area (Å²) in [6.45, 7) is 2.37. The van der Waals surface area contributed by atoms with Gasteiger partial charge >= 0.3 is 210 Å². The van der Waals surface area contributed by atoms with Crippen molar-refractivity contribution in [3.05, 3.63) is 137 Å². The standard InChI is InChI=1S/C12H11Si.C9H11NO.C9H7.2ClH.Ti/c1-3-7-11(8-4-1)13-12-9-5-2-6-10-12;1-6-4-3-5-7(2)8(6)9(10)11;1-2-5-9-7-3-6-8(9)4-1;;;/h1-10,13H;3-5H,1-2H3,(H2,10,11);1-7H;2*1H;/q;;;;;+3/p-3. The Morgan fingerprint density at radius 3 is 1.83 bits per heavy atom. The van der Waals surface area contributed by atoms with Gasteiger partial charge in [0.1, 0.15) is 0 Å². The van der Waals surface area contributed by atoms with Crippen molar-refractivity contribution in [1.29, 1.82) is 0 Å². The van der Waals surface area contributed by atoms with Gasteiger partial charge < -0.3 is 24.8 Å². The number of fused-ring (bicyclic) bond motifs is 1. The van der Waals surface area contributed by atoms with Gasteiger partial charge in [-0.05, 0) is 0 Å². The van der Waals surface area contributed by atoms with Crippen LogP contribution in [-0.4, -0.2) is 12.6 Å². The molecular formula is C30H28Cl2NOSiTi. The van der Waals surface area contributed by atoms with E-state index in [9.17, 15) is 4.79 Å². The van der Waals surface area contributed by atoms with Crippen LogP contribution in [0.3, 0.4) is 0 Å². The van der Waals surface area contributed by atoms with Gasteiger partial charge in [0.2, 0.25) is 0 Å². The number of nitrogens with one attached hydrogen (secondary N) is 1. The fourth-order valence-electron chi connectivity index (χ4n) is 5.06. The number of aryl methyl sites for hydroxylation is 2. The van der Waals surface area contributed by atoms with E-state index < -0.39 is 24.0 Å². The Kier molecular flexibility index (Phi) is 9.95. The van der Waals surface area contributed by atoms with Crippen LogP contribution in [0.15, 0.2) is 109 Å². The van der Waals surface area contributed by atoms with Crippen LogP contribution in [0.1, 0.15) is 36.8 Å². The first-order valence-electron chi connectivity index (χ1n) is 11.7. The summed E-state index contributed by atoms with van der Waals surface area (Å²) in [5.41, 5.74) is 5.55. The maximum absolute atomic E-state index is 13.9. The molecule has 0 bridgehead atoms. The van der Waals surface area contributed by atoms with Crippen LogP contribution >= 0.6 is 0 Å². The van der Waals surface area contributed by atoms with Crippen molar-refractivity contribution in [3.63, 3.8) is 0 Å². The molecular weight excluding hydrogens is 537 g/mol. The zero-order chi connectivity index (χ0) is 23.5. The Bertz CT molecular complexity index is 1290. The third-order valence-electron chi connectivity index (χ3n) is 6.68. The molecule has 1 N–H and O–H groups in total. The fraction of sp³-hybridized carbons (Fsp3) is 0.100. The summed E-state index contributed by atoms with van der Waals surface area (Å²) < 4.78 is 4.03. The quantitative estimate of drug-likeness (QED) is 0.295. The topological polar surface area (TPSA) is 29.1 Å². The maximum atomic E-state index is 13.9. The molecule has 0 radical (unpaired) electrons. The van der Waals surface area contributed by atoms with E-state index in [0.29, 0.717) is 4.22 Å². The van der Waals surface area contributed by atoms with Crippen molar-refractivity contribution >= 4 is 29.0 Å². The van der Waals surface area contributed by atoms with E-state index in [1.807, 2.05) is 32.0 Å². The molecule has 0 aliphatic heterocycles. The molecule has 1 amide bonds. The fourth-order valence-corrected chi connectivity index (χ4v) is 19.4. The molecule has 0 saturated carbocycles. The third kappa shape index (κ3) is 5.77. The van der Waals surface area contributed by atoms with Crippen molar-refractivity contribution < 1.29 is 47.0 Å². The summed E-state index contributed by atoms with van der Waals surface area (Å²) in [6.07, 6.45) is 4.61. The first-order chi connectivity index (χ1) is 16.6. The molecule has 0 fully saturated rings. The van der Waals surface area contributed by atoms with Crippen molar-refractivity contribution in [2.24, 2.45) is 0 Å². The average Bonchev–Trinajstić information content (AvgIpc) is 3.29. The molecule has 1 aliphatic rings. The largest absolute Gasteiger partial charge is 1.00 e. The van der Waals surface area contributed by atoms with Gasteiger partial charge in [-0.1, -0.05) is 0 Å². The Morgan fingerprint density at radius 1 is 0.722 bits per heavy atom. The molecule has 0 aromatic heterocycles. The minimum Gasteiger partial charge on any atom is -1.00 e. The summed E-state index contributed by atoms with van der Waals surface area (Å²) in [4.78, 5) is 13.9. The summed E-state index contributed by atoms with van der Waals surface area (Å²) >= 11 is -2.29. The van der Waals surface area contributed by atoms with Crippen LogP contribution in [-0.2, 0) is 17.4 Å². The zero-order valence-corrected chi connectivity index (χ0v) is 24.5. The maximum Gasteiger partial charge on any atom is -1.00 e. The molecule has 36 heavy (non-hydrogen) atoms. The predicted octanol–water partition coefficient (Wildman–Crippen LogP) is -1.12. The van der Waals surface area contributed by atoms with Gasteiger partial charge in [-0.3, -0.25) is 0 Å². The number of hydrogen-bond donors (Lipinski definition) is 1. The van der Waals surface area contributed by atoms with E-state index in [-0.39, 0.29) is 30.7 Å². The Labute approximate surface area is 233 Å². The summed E-state index contributed by atoms with van der Waals surface area (Å²) in [5.74, 6) is 0.0905. The van der Waals surface area contributed by atoms with Crippen molar-refractivity contribution in [1.82, 2.24) is 3.80 Å². The minimum absolute atomic E-state index is 0. The molecule has 4 aromatic rings. The average molecular weight is 565 g/mol. The van der Waals surface area contributed by atoms with Crippen LogP contribution < -0.4 is 39.0 Å². The van der Waals surface area contributed by atoms with Gasteiger partial charge in [0, 0.05) is 0 Å². The molecule has 1 aliphatic carbocycles. The van der Waals surface area contributed by atoms with Crippen molar-refractivity contribution in [3.8, 4) is 0 Å². The van der Waals surface area contributed by atoms with Gasteiger partial charge in [-0.25, -0.2) is 0 Å². The van der Waals surface area contributed by atoms with E-state index >= 15 is 0 Å². The zero-order valence-electron chi connectivity index (χ0n) is 20.3. The molecule has 0 heterocycles. The normalized spacial score (nSPS) is 13.4. The summed E-state index contributed by atoms with van der Waals surface area (Å²) in [5, 5.41) is 2.81. The van der Waals surface area contributed by atoms with Gasteiger partial charge in [0.15, 0.2) is 0 Å². The van der Waals surface area contributed by atoms with Crippen LogP contribution in [0.4, 0.5) is 0 Å². The molecule has 5 rings (SSSR count). The molecule has 6 heteroatoms. The van der Waals surface area contributed by atoms with Gasteiger partial charge in [0.25, 0.3) is 0 Å². The molecule has 2 nitrogen and oxygen atoms in total. The Hall–Kier alpha value is -2.40. The van der Waals surface area contributed by atoms with Crippen LogP contribution in [0, 0.1) is 13.8 Å². The van der Waals surface area contributed by atoms with Crippen LogP contribution in [0.5, 0.6) is 0 Å². The molecule has 0 saturated heterocycles. The number of hydrogen-bond acceptors (Lipinski definition) is 1. The summed E-state index contributed by atoms with van der Waals surface area (Å²) in [6, 6.07) is 36.6. The monoisotopic (exact) mass is 564 g/mol. The van der Waals surface area contributed by atoms with Gasteiger partial charge in [-0.15, -0.1) is 0 Å². The van der Waals surface area contributed by atoms with Crippen LogP contribution in [0.2, 0.25) is 0 Å². The smallest absolute Gasteiger partial charge is 1.00 e. The van der Waals surface area contributed by atoms with E-state index in [0.717, 1.165) is 16.7 Å². The minimum atomic E-state index is -2.29. The second-order valence-corrected chi connectivity index (χ2v) is 19.1. The van der Waals surface area contributed by atoms with Crippen LogP contribution in [0.25, 0.3) is 6.08 Å². The number of amides is 1. The molecule has 1 atom stereocenters. The Morgan fingerprint density at radius 2 is 1.25 bits per heavy atom. The van der Waals surface area contributed by atoms with Gasteiger partial charge in [-0.2, -0.15) is 0 Å². The van der Waals surface area contributed by atoms with E-state index in [1.165, 1.54) is 21.5 Å². The third-order valence-corrected chi connectivity index (χ3v) is 20.2. The second kappa shape index (κ2) is 12.7. The van der Waals surface area contributed by atoms with Gasteiger partial charge in [0.05, 0.1) is 0 Å².